The predicted molar refractivity (Wildman–Crippen MR) is 78.8 cm³/mol. The van der Waals surface area contributed by atoms with Gasteiger partial charge in [0.05, 0.1) is 5.69 Å². The molecule has 0 saturated heterocycles. The minimum Gasteiger partial charge on any atom is -0.478 e. The van der Waals surface area contributed by atoms with E-state index in [0.717, 1.165) is 17.0 Å². The molecule has 20 heavy (non-hydrogen) atoms. The van der Waals surface area contributed by atoms with Crippen LogP contribution in [0.25, 0.3) is 0 Å². The lowest BCUT2D eigenvalue weighted by molar-refractivity contribution is -0.126. The molecule has 2 atom stereocenters. The largest absolute Gasteiger partial charge is 0.478 e. The van der Waals surface area contributed by atoms with Crippen LogP contribution in [0.2, 0.25) is 0 Å². The highest BCUT2D eigenvalue weighted by Crippen LogP contribution is 2.42. The molecule has 2 unspecified atom stereocenters. The molecule has 1 aromatic carbocycles. The number of carbonyl (C=O) groups excluding carboxylic acids is 1. The van der Waals surface area contributed by atoms with Gasteiger partial charge in [-0.1, -0.05) is 13.0 Å². The molecule has 4 nitrogen and oxygen atoms in total. The van der Waals surface area contributed by atoms with Crippen molar-refractivity contribution in [3.8, 4) is 5.75 Å². The molecule has 4 heteroatoms. The summed E-state index contributed by atoms with van der Waals surface area (Å²) in [5.74, 6) is 1.46. The molecule has 3 rings (SSSR count). The van der Waals surface area contributed by atoms with Crippen molar-refractivity contribution in [2.45, 2.75) is 45.3 Å². The number of ether oxygens (including phenoxy) is 1. The second-order valence-corrected chi connectivity index (χ2v) is 5.69. The van der Waals surface area contributed by atoms with E-state index in [1.165, 1.54) is 12.8 Å². The van der Waals surface area contributed by atoms with Crippen LogP contribution in [0.15, 0.2) is 18.2 Å². The summed E-state index contributed by atoms with van der Waals surface area (Å²) in [6.45, 7) is 4.62. The van der Waals surface area contributed by atoms with Gasteiger partial charge in [0.1, 0.15) is 5.75 Å². The Hall–Kier alpha value is -1.55. The lowest BCUT2D eigenvalue weighted by Gasteiger charge is -2.34. The first-order chi connectivity index (χ1) is 9.65. The van der Waals surface area contributed by atoms with E-state index in [-0.39, 0.29) is 18.1 Å². The average molecular weight is 274 g/mol. The van der Waals surface area contributed by atoms with Gasteiger partial charge >= 0.3 is 0 Å². The Bertz CT molecular complexity index is 525. The van der Waals surface area contributed by atoms with Crippen molar-refractivity contribution in [1.29, 1.82) is 0 Å². The standard InChI is InChI=1S/C16H22N2O2/c1-3-13-16(19)18(4-2)12-9-11(7-8-14(12)20-13)15(17)10-5-6-10/h7-10,13,15H,3-6,17H2,1-2H3. The van der Waals surface area contributed by atoms with E-state index in [0.29, 0.717) is 18.9 Å². The number of hydrogen-bond acceptors (Lipinski definition) is 3. The van der Waals surface area contributed by atoms with Crippen molar-refractivity contribution in [3.05, 3.63) is 23.8 Å². The normalized spacial score (nSPS) is 23.2. The van der Waals surface area contributed by atoms with Gasteiger partial charge in [0.2, 0.25) is 0 Å². The quantitative estimate of drug-likeness (QED) is 0.918. The summed E-state index contributed by atoms with van der Waals surface area (Å²) in [5, 5.41) is 0. The number of rotatable bonds is 4. The Kier molecular flexibility index (Phi) is 3.42. The van der Waals surface area contributed by atoms with Crippen LogP contribution in [-0.2, 0) is 4.79 Å². The lowest BCUT2D eigenvalue weighted by atomic mass is 10.0. The van der Waals surface area contributed by atoms with Gasteiger partial charge in [0.25, 0.3) is 5.91 Å². The number of fused-ring (bicyclic) bond motifs is 1. The van der Waals surface area contributed by atoms with Gasteiger partial charge < -0.3 is 15.4 Å². The highest BCUT2D eigenvalue weighted by atomic mass is 16.5. The zero-order chi connectivity index (χ0) is 14.3. The summed E-state index contributed by atoms with van der Waals surface area (Å²) in [4.78, 5) is 14.2. The smallest absolute Gasteiger partial charge is 0.268 e. The molecule has 0 spiro atoms. The number of amides is 1. The molecular formula is C16H22N2O2. The van der Waals surface area contributed by atoms with Crippen molar-refractivity contribution in [1.82, 2.24) is 0 Å². The van der Waals surface area contributed by atoms with E-state index in [1.807, 2.05) is 36.9 Å². The third-order valence-electron chi connectivity index (χ3n) is 4.29. The SMILES string of the molecule is CCC1Oc2ccc(C(N)C3CC3)cc2N(CC)C1=O. The van der Waals surface area contributed by atoms with Crippen LogP contribution in [0.5, 0.6) is 5.75 Å². The predicted octanol–water partition coefficient (Wildman–Crippen LogP) is 2.62. The average Bonchev–Trinajstić information content (AvgIpc) is 3.30. The highest BCUT2D eigenvalue weighted by molar-refractivity contribution is 6.00. The summed E-state index contributed by atoms with van der Waals surface area (Å²) < 4.78 is 5.80. The zero-order valence-electron chi connectivity index (χ0n) is 12.1. The zero-order valence-corrected chi connectivity index (χ0v) is 12.1. The molecule has 1 aromatic rings. The lowest BCUT2D eigenvalue weighted by Crippen LogP contribution is -2.45. The second-order valence-electron chi connectivity index (χ2n) is 5.69. The first-order valence-corrected chi connectivity index (χ1v) is 7.53. The summed E-state index contributed by atoms with van der Waals surface area (Å²) in [7, 11) is 0. The molecule has 0 bridgehead atoms. The molecule has 2 aliphatic rings. The van der Waals surface area contributed by atoms with Gasteiger partial charge in [-0.3, -0.25) is 4.79 Å². The van der Waals surface area contributed by atoms with E-state index in [4.69, 9.17) is 10.5 Å². The summed E-state index contributed by atoms with van der Waals surface area (Å²) in [6.07, 6.45) is 2.76. The molecule has 1 fully saturated rings. The molecule has 2 N–H and O–H groups in total. The van der Waals surface area contributed by atoms with Crippen molar-refractivity contribution < 1.29 is 9.53 Å². The minimum atomic E-state index is -0.356. The monoisotopic (exact) mass is 274 g/mol. The first kappa shape index (κ1) is 13.4. The van der Waals surface area contributed by atoms with Crippen LogP contribution in [0.1, 0.15) is 44.7 Å². The Morgan fingerprint density at radius 2 is 2.15 bits per heavy atom. The molecule has 0 aromatic heterocycles. The fraction of sp³-hybridized carbons (Fsp3) is 0.562. The van der Waals surface area contributed by atoms with Crippen LogP contribution in [0.4, 0.5) is 5.69 Å². The fourth-order valence-corrected chi connectivity index (χ4v) is 2.86. The maximum absolute atomic E-state index is 12.3. The van der Waals surface area contributed by atoms with Gasteiger partial charge in [0, 0.05) is 12.6 Å². The molecule has 1 amide bonds. The molecule has 0 radical (unpaired) electrons. The molecular weight excluding hydrogens is 252 g/mol. The summed E-state index contributed by atoms with van der Waals surface area (Å²) >= 11 is 0. The van der Waals surface area contributed by atoms with E-state index >= 15 is 0 Å². The number of benzene rings is 1. The third-order valence-corrected chi connectivity index (χ3v) is 4.29. The van der Waals surface area contributed by atoms with Gasteiger partial charge in [-0.15, -0.1) is 0 Å². The highest BCUT2D eigenvalue weighted by Gasteiger charge is 2.34. The Morgan fingerprint density at radius 1 is 1.40 bits per heavy atom. The van der Waals surface area contributed by atoms with Crippen LogP contribution < -0.4 is 15.4 Å². The van der Waals surface area contributed by atoms with E-state index in [2.05, 4.69) is 0 Å². The van der Waals surface area contributed by atoms with Gasteiger partial charge in [0.15, 0.2) is 6.10 Å². The van der Waals surface area contributed by atoms with Crippen LogP contribution in [0, 0.1) is 5.92 Å². The van der Waals surface area contributed by atoms with Crippen LogP contribution >= 0.6 is 0 Å². The van der Waals surface area contributed by atoms with Crippen molar-refractivity contribution in [3.63, 3.8) is 0 Å². The van der Waals surface area contributed by atoms with E-state index < -0.39 is 0 Å². The van der Waals surface area contributed by atoms with Crippen LogP contribution in [-0.4, -0.2) is 18.6 Å². The van der Waals surface area contributed by atoms with E-state index in [1.54, 1.807) is 0 Å². The Balaban J connectivity index is 1.96. The minimum absolute atomic E-state index is 0.0552. The second kappa shape index (κ2) is 5.09. The maximum atomic E-state index is 12.3. The van der Waals surface area contributed by atoms with Gasteiger partial charge in [-0.05, 0) is 49.8 Å². The summed E-state index contributed by atoms with van der Waals surface area (Å²) in [5.41, 5.74) is 8.24. The van der Waals surface area contributed by atoms with Gasteiger partial charge in [-0.2, -0.15) is 0 Å². The van der Waals surface area contributed by atoms with E-state index in [9.17, 15) is 4.79 Å². The molecule has 1 saturated carbocycles. The van der Waals surface area contributed by atoms with Crippen LogP contribution in [0.3, 0.4) is 0 Å². The number of carbonyl (C=O) groups is 1. The third kappa shape index (κ3) is 2.18. The molecule has 1 heterocycles. The first-order valence-electron chi connectivity index (χ1n) is 7.53. The number of hydrogen-bond donors (Lipinski definition) is 1. The van der Waals surface area contributed by atoms with Crippen molar-refractivity contribution in [2.75, 3.05) is 11.4 Å². The number of nitrogens with zero attached hydrogens (tertiary/aromatic N) is 1. The maximum Gasteiger partial charge on any atom is 0.268 e. The van der Waals surface area contributed by atoms with Crippen molar-refractivity contribution in [2.24, 2.45) is 11.7 Å². The fourth-order valence-electron chi connectivity index (χ4n) is 2.86. The summed E-state index contributed by atoms with van der Waals surface area (Å²) in [6, 6.07) is 6.12. The number of anilines is 1. The molecule has 1 aliphatic heterocycles. The number of likely N-dealkylation sites (N-methyl/N-ethyl adjacent to an activating group) is 1. The number of nitrogens with two attached hydrogens (primary N) is 1. The van der Waals surface area contributed by atoms with Gasteiger partial charge in [-0.25, -0.2) is 0 Å². The Labute approximate surface area is 119 Å². The molecule has 1 aliphatic carbocycles. The van der Waals surface area contributed by atoms with Crippen molar-refractivity contribution >= 4 is 11.6 Å². The Morgan fingerprint density at radius 3 is 2.75 bits per heavy atom. The molecule has 108 valence electrons. The topological polar surface area (TPSA) is 55.6 Å².